The normalized spacial score (nSPS) is 38.0. The molecule has 4 saturated carbocycles. The summed E-state index contributed by atoms with van der Waals surface area (Å²) in [5.41, 5.74) is 7.59. The smallest absolute Gasteiger partial charge is 0.335 e. The Balaban J connectivity index is 0.000000822. The van der Waals surface area contributed by atoms with Crippen molar-refractivity contribution in [1.29, 1.82) is 0 Å². The van der Waals surface area contributed by atoms with Crippen molar-refractivity contribution in [3.63, 3.8) is 0 Å². The van der Waals surface area contributed by atoms with Crippen LogP contribution in [0.5, 0.6) is 0 Å². The van der Waals surface area contributed by atoms with E-state index in [1.54, 1.807) is 29.5 Å². The zero-order valence-corrected chi connectivity index (χ0v) is 31.4. The summed E-state index contributed by atoms with van der Waals surface area (Å²) in [5, 5.41) is 15.8. The predicted molar refractivity (Wildman–Crippen MR) is 199 cm³/mol. The minimum Gasteiger partial charge on any atom is -0.478 e. The zero-order chi connectivity index (χ0) is 34.3. The fourth-order valence-electron chi connectivity index (χ4n) is 12.4. The minimum absolute atomic E-state index is 0.0591. The molecule has 4 fully saturated rings. The zero-order valence-electron chi connectivity index (χ0n) is 30.6. The average Bonchev–Trinajstić information content (AvgIpc) is 3.72. The van der Waals surface area contributed by atoms with E-state index in [1.807, 2.05) is 38.4 Å². The number of carbonyl (C=O) groups is 1. The lowest BCUT2D eigenvalue weighted by atomic mass is 9.33. The van der Waals surface area contributed by atoms with Gasteiger partial charge in [-0.2, -0.15) is 0 Å². The number of hydrogen-bond acceptors (Lipinski definition) is 4. The minimum atomic E-state index is -0.852. The van der Waals surface area contributed by atoms with Crippen molar-refractivity contribution in [1.82, 2.24) is 10.3 Å². The largest absolute Gasteiger partial charge is 0.478 e. The van der Waals surface area contributed by atoms with Crippen LogP contribution in [0.4, 0.5) is 0 Å². The molecule has 0 radical (unpaired) electrons. The molecule has 0 saturated heterocycles. The van der Waals surface area contributed by atoms with Crippen LogP contribution in [0, 0.1) is 45.3 Å². The van der Waals surface area contributed by atoms with Crippen LogP contribution in [-0.2, 0) is 6.54 Å². The van der Waals surface area contributed by atoms with E-state index in [4.69, 9.17) is 0 Å². The molecule has 7 unspecified atom stereocenters. The Kier molecular flexibility index (Phi) is 10.4. The van der Waals surface area contributed by atoms with Gasteiger partial charge in [0.05, 0.1) is 16.8 Å². The molecule has 1 aromatic carbocycles. The summed E-state index contributed by atoms with van der Waals surface area (Å²) in [6.07, 6.45) is 17.6. The molecule has 0 spiro atoms. The third-order valence-corrected chi connectivity index (χ3v) is 15.1. The summed E-state index contributed by atoms with van der Waals surface area (Å²) in [4.78, 5) is 16.1. The lowest BCUT2D eigenvalue weighted by Crippen LogP contribution is -2.67. The topological polar surface area (TPSA) is 62.2 Å². The molecule has 0 amide bonds. The van der Waals surface area contributed by atoms with Gasteiger partial charge in [-0.15, -0.1) is 17.9 Å². The number of carboxylic acids is 1. The summed E-state index contributed by atoms with van der Waals surface area (Å²) < 4.78 is 0. The maximum atomic E-state index is 11.5. The van der Waals surface area contributed by atoms with E-state index in [0.29, 0.717) is 33.3 Å². The van der Waals surface area contributed by atoms with E-state index in [0.717, 1.165) is 30.7 Å². The number of hydrogen-bond donors (Lipinski definition) is 2. The van der Waals surface area contributed by atoms with Crippen LogP contribution in [0.3, 0.4) is 0 Å². The molecule has 7 rings (SSSR count). The van der Waals surface area contributed by atoms with Crippen molar-refractivity contribution in [2.24, 2.45) is 45.3 Å². The Morgan fingerprint density at radius 2 is 1.66 bits per heavy atom. The maximum absolute atomic E-state index is 11.5. The first-order valence-electron chi connectivity index (χ1n) is 18.6. The fraction of sp³-hybridized carbons (Fsp3) is 0.667. The third-order valence-electron chi connectivity index (χ3n) is 14.5. The molecular weight excluding hydrogens is 597 g/mol. The number of carboxylic acid groups (broad SMARTS) is 1. The molecule has 2 N–H and O–H groups in total. The van der Waals surface area contributed by atoms with Gasteiger partial charge in [0, 0.05) is 17.5 Å². The van der Waals surface area contributed by atoms with E-state index in [1.165, 1.54) is 74.6 Å². The molecular formula is C42H62N2O2S. The number of fused-ring (bicyclic) bond motifs is 7. The lowest BCUT2D eigenvalue weighted by Gasteiger charge is -2.72. The first-order valence-corrected chi connectivity index (χ1v) is 19.5. The van der Waals surface area contributed by atoms with Crippen molar-refractivity contribution >= 4 is 22.9 Å². The Morgan fingerprint density at radius 1 is 0.957 bits per heavy atom. The number of aromatic nitrogens is 1. The Morgan fingerprint density at radius 3 is 2.30 bits per heavy atom. The molecule has 8 atom stereocenters. The van der Waals surface area contributed by atoms with Crippen molar-refractivity contribution in [3.8, 4) is 0 Å². The first kappa shape index (κ1) is 36.1. The Labute approximate surface area is 290 Å². The average molecular weight is 659 g/mol. The standard InChI is InChI=1S/C37H50N2O2S.C3H6.C2H6/c1-33(2)27(24-8-10-25(11-9-24)32(40)41)14-17-34(3)30(33)15-18-36(5)31(34)13-12-28-29-7-6-16-37(29,20-19-35(28,36)4)39-21-26-22-42-23-38-26;1-3-2;1-2/h8-11,14,22-23,28-31,39H,6-7,12-13,15-21H2,1-5H3,(H,40,41);3H,1H2,2H3;1-2H3/t28?,29?,30?,31?,34?,35-,36?,37?;;/m1../s1. The van der Waals surface area contributed by atoms with E-state index in [9.17, 15) is 9.90 Å². The van der Waals surface area contributed by atoms with E-state index in [-0.39, 0.29) is 5.41 Å². The van der Waals surface area contributed by atoms with Gasteiger partial charge in [0.25, 0.3) is 0 Å². The summed E-state index contributed by atoms with van der Waals surface area (Å²) in [7, 11) is 0. The molecule has 5 aliphatic carbocycles. The van der Waals surface area contributed by atoms with Crippen LogP contribution in [0.1, 0.15) is 141 Å². The number of nitrogens with one attached hydrogen (secondary N) is 1. The Hall–Kier alpha value is -2.24. The predicted octanol–water partition coefficient (Wildman–Crippen LogP) is 11.5. The highest BCUT2D eigenvalue weighted by Crippen LogP contribution is 2.76. The summed E-state index contributed by atoms with van der Waals surface area (Å²) in [6, 6.07) is 7.63. The molecule has 2 aromatic rings. The maximum Gasteiger partial charge on any atom is 0.335 e. The lowest BCUT2D eigenvalue weighted by molar-refractivity contribution is -0.217. The number of thiazole rings is 1. The quantitative estimate of drug-likeness (QED) is 0.314. The van der Waals surface area contributed by atoms with Gasteiger partial charge < -0.3 is 10.4 Å². The van der Waals surface area contributed by atoms with E-state index in [2.05, 4.69) is 63.0 Å². The van der Waals surface area contributed by atoms with Gasteiger partial charge in [-0.3, -0.25) is 0 Å². The molecule has 0 aliphatic heterocycles. The van der Waals surface area contributed by atoms with Crippen LogP contribution in [-0.4, -0.2) is 21.6 Å². The van der Waals surface area contributed by atoms with Crippen LogP contribution in [0.2, 0.25) is 0 Å². The molecule has 258 valence electrons. The molecule has 47 heavy (non-hydrogen) atoms. The second kappa shape index (κ2) is 13.6. The van der Waals surface area contributed by atoms with Gasteiger partial charge >= 0.3 is 5.97 Å². The number of nitrogens with zero attached hydrogens (tertiary/aromatic N) is 1. The molecule has 0 bridgehead atoms. The van der Waals surface area contributed by atoms with Crippen LogP contribution in [0.25, 0.3) is 5.57 Å². The molecule has 5 heteroatoms. The number of aromatic carboxylic acids is 1. The van der Waals surface area contributed by atoms with E-state index >= 15 is 0 Å². The van der Waals surface area contributed by atoms with Gasteiger partial charge in [-0.1, -0.05) is 79.2 Å². The summed E-state index contributed by atoms with van der Waals surface area (Å²) in [6.45, 7) is 23.2. The van der Waals surface area contributed by atoms with Gasteiger partial charge in [0.1, 0.15) is 0 Å². The van der Waals surface area contributed by atoms with Gasteiger partial charge in [-0.05, 0) is 133 Å². The molecule has 1 heterocycles. The van der Waals surface area contributed by atoms with Crippen molar-refractivity contribution in [2.75, 3.05) is 0 Å². The SMILES string of the molecule is C=CC.CC.CC1(C)C(c2ccc(C(=O)O)cc2)=CCC2(C)C1CCC1(C)C2CCC2C3CCCC3(NCc3cscn3)CC[C@]21C. The highest BCUT2D eigenvalue weighted by molar-refractivity contribution is 7.07. The van der Waals surface area contributed by atoms with Gasteiger partial charge in [0.2, 0.25) is 0 Å². The number of rotatable bonds is 5. The van der Waals surface area contributed by atoms with Crippen LogP contribution < -0.4 is 5.32 Å². The van der Waals surface area contributed by atoms with Crippen LogP contribution in [0.15, 0.2) is 53.9 Å². The van der Waals surface area contributed by atoms with Crippen molar-refractivity contribution in [3.05, 3.63) is 70.7 Å². The monoisotopic (exact) mass is 658 g/mol. The first-order chi connectivity index (χ1) is 22.4. The second-order valence-electron chi connectivity index (χ2n) is 16.5. The fourth-order valence-corrected chi connectivity index (χ4v) is 12.9. The summed E-state index contributed by atoms with van der Waals surface area (Å²) >= 11 is 1.71. The second-order valence-corrected chi connectivity index (χ2v) is 17.2. The highest BCUT2D eigenvalue weighted by Gasteiger charge is 2.69. The highest BCUT2D eigenvalue weighted by atomic mass is 32.1. The van der Waals surface area contributed by atoms with Crippen LogP contribution >= 0.6 is 11.3 Å². The third kappa shape index (κ3) is 5.79. The van der Waals surface area contributed by atoms with Crippen molar-refractivity contribution in [2.45, 2.75) is 132 Å². The van der Waals surface area contributed by atoms with E-state index < -0.39 is 5.97 Å². The number of benzene rings is 1. The molecule has 1 aromatic heterocycles. The van der Waals surface area contributed by atoms with Crippen molar-refractivity contribution < 1.29 is 9.90 Å². The molecule has 5 aliphatic rings. The number of allylic oxidation sites excluding steroid dienone is 3. The Bertz CT molecular complexity index is 1430. The summed E-state index contributed by atoms with van der Waals surface area (Å²) in [5.74, 6) is 2.13. The van der Waals surface area contributed by atoms with Gasteiger partial charge in [0.15, 0.2) is 0 Å². The molecule has 4 nitrogen and oxygen atoms in total. The van der Waals surface area contributed by atoms with Gasteiger partial charge in [-0.25, -0.2) is 9.78 Å².